The highest BCUT2D eigenvalue weighted by atomic mass is 35.5. The summed E-state index contributed by atoms with van der Waals surface area (Å²) in [6.45, 7) is 4.11. The molecule has 2 aromatic heterocycles. The van der Waals surface area contributed by atoms with Gasteiger partial charge in [-0.25, -0.2) is 0 Å². The third-order valence-corrected chi connectivity index (χ3v) is 4.90. The van der Waals surface area contributed by atoms with Crippen LogP contribution in [0.4, 0.5) is 0 Å². The molecule has 8 heteroatoms. The fourth-order valence-electron chi connectivity index (χ4n) is 2.23. The number of halogens is 1. The van der Waals surface area contributed by atoms with Gasteiger partial charge in [0.25, 0.3) is 0 Å². The SMILES string of the molecule is CCCc1noc(C(C)Sc2nnc(-c3ccc(Cl)cc3)n2C)n1. The van der Waals surface area contributed by atoms with Gasteiger partial charge in [-0.3, -0.25) is 0 Å². The standard InChI is InChI=1S/C16H18ClN5OS/c1-4-5-13-18-15(23-21-13)10(2)24-16-20-19-14(22(16)3)11-6-8-12(17)9-7-11/h6-10H,4-5H2,1-3H3. The molecule has 1 unspecified atom stereocenters. The van der Waals surface area contributed by atoms with Gasteiger partial charge < -0.3 is 9.09 Å². The minimum Gasteiger partial charge on any atom is -0.338 e. The molecule has 0 aliphatic heterocycles. The lowest BCUT2D eigenvalue weighted by atomic mass is 10.2. The predicted octanol–water partition coefficient (Wildman–Crippen LogP) is 4.32. The molecule has 0 N–H and O–H groups in total. The van der Waals surface area contributed by atoms with Crippen LogP contribution in [0.5, 0.6) is 0 Å². The number of aryl methyl sites for hydroxylation is 1. The van der Waals surface area contributed by atoms with Gasteiger partial charge in [-0.2, -0.15) is 4.98 Å². The first-order valence-corrected chi connectivity index (χ1v) is 8.98. The van der Waals surface area contributed by atoms with Crippen molar-refractivity contribution in [3.8, 4) is 11.4 Å². The summed E-state index contributed by atoms with van der Waals surface area (Å²) < 4.78 is 7.29. The van der Waals surface area contributed by atoms with Crippen LogP contribution in [0.1, 0.15) is 37.2 Å². The molecule has 126 valence electrons. The Morgan fingerprint density at radius 3 is 2.71 bits per heavy atom. The summed E-state index contributed by atoms with van der Waals surface area (Å²) in [7, 11) is 1.94. The van der Waals surface area contributed by atoms with Crippen LogP contribution in [0.15, 0.2) is 33.9 Å². The molecule has 0 fully saturated rings. The second-order valence-corrected chi connectivity index (χ2v) is 7.18. The molecule has 0 saturated heterocycles. The quantitative estimate of drug-likeness (QED) is 0.607. The Bertz CT molecular complexity index is 814. The van der Waals surface area contributed by atoms with E-state index in [-0.39, 0.29) is 5.25 Å². The van der Waals surface area contributed by atoms with Crippen LogP contribution in [0.25, 0.3) is 11.4 Å². The molecule has 0 aliphatic rings. The normalized spacial score (nSPS) is 12.5. The fraction of sp³-hybridized carbons (Fsp3) is 0.375. The monoisotopic (exact) mass is 363 g/mol. The molecule has 3 aromatic rings. The molecule has 0 aliphatic carbocycles. The Labute approximate surface area is 149 Å². The van der Waals surface area contributed by atoms with Crippen LogP contribution >= 0.6 is 23.4 Å². The summed E-state index contributed by atoms with van der Waals surface area (Å²) in [5.74, 6) is 2.15. The van der Waals surface area contributed by atoms with Gasteiger partial charge in [0.1, 0.15) is 0 Å². The molecule has 24 heavy (non-hydrogen) atoms. The van der Waals surface area contributed by atoms with Gasteiger partial charge in [0, 0.05) is 24.1 Å². The molecule has 0 radical (unpaired) electrons. The van der Waals surface area contributed by atoms with Crippen LogP contribution in [-0.2, 0) is 13.5 Å². The van der Waals surface area contributed by atoms with Crippen molar-refractivity contribution < 1.29 is 4.52 Å². The van der Waals surface area contributed by atoms with Crippen molar-refractivity contribution in [1.29, 1.82) is 0 Å². The van der Waals surface area contributed by atoms with E-state index in [0.29, 0.717) is 10.9 Å². The summed E-state index contributed by atoms with van der Waals surface area (Å²) in [4.78, 5) is 4.43. The first-order chi connectivity index (χ1) is 11.6. The summed E-state index contributed by atoms with van der Waals surface area (Å²) in [5.41, 5.74) is 0.969. The van der Waals surface area contributed by atoms with E-state index >= 15 is 0 Å². The predicted molar refractivity (Wildman–Crippen MR) is 94.0 cm³/mol. The van der Waals surface area contributed by atoms with Crippen molar-refractivity contribution in [3.63, 3.8) is 0 Å². The van der Waals surface area contributed by atoms with Crippen molar-refractivity contribution in [1.82, 2.24) is 24.9 Å². The molecule has 0 saturated carbocycles. The van der Waals surface area contributed by atoms with Crippen molar-refractivity contribution in [2.45, 2.75) is 37.1 Å². The molecule has 0 spiro atoms. The molecule has 0 amide bonds. The third kappa shape index (κ3) is 3.62. The Morgan fingerprint density at radius 1 is 1.25 bits per heavy atom. The Morgan fingerprint density at radius 2 is 2.00 bits per heavy atom. The van der Waals surface area contributed by atoms with E-state index < -0.39 is 0 Å². The highest BCUT2D eigenvalue weighted by Gasteiger charge is 2.19. The maximum absolute atomic E-state index is 5.93. The smallest absolute Gasteiger partial charge is 0.239 e. The summed E-state index contributed by atoms with van der Waals surface area (Å²) in [5, 5.41) is 14.0. The maximum Gasteiger partial charge on any atom is 0.239 e. The Kier molecular flexibility index (Phi) is 5.20. The van der Waals surface area contributed by atoms with Crippen molar-refractivity contribution in [2.24, 2.45) is 7.05 Å². The van der Waals surface area contributed by atoms with Gasteiger partial charge in [-0.1, -0.05) is 35.4 Å². The lowest BCUT2D eigenvalue weighted by Gasteiger charge is -2.06. The number of thioether (sulfide) groups is 1. The second-order valence-electron chi connectivity index (χ2n) is 5.43. The molecular weight excluding hydrogens is 346 g/mol. The highest BCUT2D eigenvalue weighted by Crippen LogP contribution is 2.34. The van der Waals surface area contributed by atoms with Crippen molar-refractivity contribution in [3.05, 3.63) is 41.0 Å². The minimum atomic E-state index is 0.00377. The second kappa shape index (κ2) is 7.36. The van der Waals surface area contributed by atoms with Crippen LogP contribution in [-0.4, -0.2) is 24.9 Å². The third-order valence-electron chi connectivity index (χ3n) is 3.52. The first kappa shape index (κ1) is 17.0. The molecule has 1 atom stereocenters. The average Bonchev–Trinajstić information content (AvgIpc) is 3.17. The zero-order valence-corrected chi connectivity index (χ0v) is 15.3. The van der Waals surface area contributed by atoms with Crippen LogP contribution in [0.2, 0.25) is 5.02 Å². The van der Waals surface area contributed by atoms with Crippen LogP contribution < -0.4 is 0 Å². The lowest BCUT2D eigenvalue weighted by molar-refractivity contribution is 0.374. The fourth-order valence-corrected chi connectivity index (χ4v) is 3.21. The van der Waals surface area contributed by atoms with Gasteiger partial charge in [-0.15, -0.1) is 10.2 Å². The lowest BCUT2D eigenvalue weighted by Crippen LogP contribution is -1.97. The number of aromatic nitrogens is 5. The zero-order chi connectivity index (χ0) is 17.1. The number of rotatable bonds is 6. The summed E-state index contributed by atoms with van der Waals surface area (Å²) in [6.07, 6.45) is 1.82. The Hall–Kier alpha value is -1.86. The molecule has 6 nitrogen and oxygen atoms in total. The van der Waals surface area contributed by atoms with Crippen molar-refractivity contribution >= 4 is 23.4 Å². The van der Waals surface area contributed by atoms with E-state index in [2.05, 4.69) is 27.3 Å². The zero-order valence-electron chi connectivity index (χ0n) is 13.7. The minimum absolute atomic E-state index is 0.00377. The van der Waals surface area contributed by atoms with Gasteiger partial charge in [-0.05, 0) is 37.6 Å². The van der Waals surface area contributed by atoms with Gasteiger partial charge in [0.2, 0.25) is 5.89 Å². The summed E-state index contributed by atoms with van der Waals surface area (Å²) >= 11 is 7.48. The van der Waals surface area contributed by atoms with Crippen molar-refractivity contribution in [2.75, 3.05) is 0 Å². The van der Waals surface area contributed by atoms with E-state index in [0.717, 1.165) is 35.2 Å². The van der Waals surface area contributed by atoms with Gasteiger partial charge in [0.15, 0.2) is 16.8 Å². The van der Waals surface area contributed by atoms with E-state index in [1.165, 1.54) is 0 Å². The van der Waals surface area contributed by atoms with E-state index in [1.54, 1.807) is 11.8 Å². The Balaban J connectivity index is 1.76. The average molecular weight is 364 g/mol. The maximum atomic E-state index is 5.93. The number of nitrogens with zero attached hydrogens (tertiary/aromatic N) is 5. The number of hydrogen-bond donors (Lipinski definition) is 0. The molecule has 2 heterocycles. The molecule has 0 bridgehead atoms. The van der Waals surface area contributed by atoms with E-state index in [1.807, 2.05) is 42.8 Å². The van der Waals surface area contributed by atoms with Crippen LogP contribution in [0, 0.1) is 0 Å². The highest BCUT2D eigenvalue weighted by molar-refractivity contribution is 7.99. The summed E-state index contributed by atoms with van der Waals surface area (Å²) in [6, 6.07) is 7.54. The van der Waals surface area contributed by atoms with Gasteiger partial charge in [0.05, 0.1) is 5.25 Å². The largest absolute Gasteiger partial charge is 0.338 e. The van der Waals surface area contributed by atoms with E-state index in [4.69, 9.17) is 16.1 Å². The van der Waals surface area contributed by atoms with Gasteiger partial charge >= 0.3 is 0 Å². The topological polar surface area (TPSA) is 69.6 Å². The number of hydrogen-bond acceptors (Lipinski definition) is 6. The first-order valence-electron chi connectivity index (χ1n) is 7.73. The van der Waals surface area contributed by atoms with Crippen LogP contribution in [0.3, 0.4) is 0 Å². The van der Waals surface area contributed by atoms with E-state index in [9.17, 15) is 0 Å². The molecular formula is C16H18ClN5OS. The molecule has 1 aromatic carbocycles. The number of benzene rings is 1. The molecule has 3 rings (SSSR count).